The Bertz CT molecular complexity index is 1340. The largest absolute Gasteiger partial charge is 0.456 e. The zero-order chi connectivity index (χ0) is 17.0. The van der Waals surface area contributed by atoms with Crippen LogP contribution >= 0.6 is 0 Å². The molecule has 0 saturated carbocycles. The fourth-order valence-electron chi connectivity index (χ4n) is 4.06. The minimum absolute atomic E-state index is 0.956. The van der Waals surface area contributed by atoms with Crippen LogP contribution < -0.4 is 10.4 Å². The van der Waals surface area contributed by atoms with E-state index in [-0.39, 0.29) is 0 Å². The van der Waals surface area contributed by atoms with Gasteiger partial charge in [-0.3, -0.25) is 0 Å². The van der Waals surface area contributed by atoms with Gasteiger partial charge in [-0.1, -0.05) is 62.0 Å². The lowest BCUT2D eigenvalue weighted by Crippen LogP contribution is -2.25. The molecule has 1 nitrogen and oxygen atoms in total. The van der Waals surface area contributed by atoms with Crippen molar-refractivity contribution >= 4 is 44.9 Å². The highest BCUT2D eigenvalue weighted by Gasteiger charge is 2.16. The molecule has 5 rings (SSSR count). The molecular formula is C24H18O. The molecule has 0 atom stereocenters. The lowest BCUT2D eigenvalue weighted by Gasteiger charge is -2.12. The van der Waals surface area contributed by atoms with Gasteiger partial charge in [-0.15, -0.1) is 0 Å². The first-order chi connectivity index (χ1) is 12.3. The highest BCUT2D eigenvalue weighted by Crippen LogP contribution is 2.40. The average molecular weight is 322 g/mol. The van der Waals surface area contributed by atoms with E-state index in [1.54, 1.807) is 0 Å². The van der Waals surface area contributed by atoms with Crippen LogP contribution in [0.1, 0.15) is 18.9 Å². The van der Waals surface area contributed by atoms with E-state index in [4.69, 9.17) is 4.42 Å². The van der Waals surface area contributed by atoms with Gasteiger partial charge in [-0.2, -0.15) is 0 Å². The van der Waals surface area contributed by atoms with E-state index in [1.807, 2.05) is 6.07 Å². The second kappa shape index (κ2) is 5.22. The first-order valence-electron chi connectivity index (χ1n) is 8.72. The van der Waals surface area contributed by atoms with Crippen LogP contribution in [0.4, 0.5) is 0 Å². The van der Waals surface area contributed by atoms with Crippen molar-refractivity contribution < 1.29 is 4.42 Å². The Morgan fingerprint density at radius 3 is 2.44 bits per heavy atom. The predicted octanol–water partition coefficient (Wildman–Crippen LogP) is 5.20. The quantitative estimate of drug-likeness (QED) is 0.407. The summed E-state index contributed by atoms with van der Waals surface area (Å²) in [5, 5.41) is 7.26. The molecule has 0 fully saturated rings. The molecule has 0 N–H and O–H groups in total. The lowest BCUT2D eigenvalue weighted by molar-refractivity contribution is 0.669. The van der Waals surface area contributed by atoms with Gasteiger partial charge in [0.1, 0.15) is 11.2 Å². The summed E-state index contributed by atoms with van der Waals surface area (Å²) in [7, 11) is 0. The Morgan fingerprint density at radius 2 is 1.64 bits per heavy atom. The summed E-state index contributed by atoms with van der Waals surface area (Å²) in [4.78, 5) is 0. The molecule has 0 aliphatic carbocycles. The van der Waals surface area contributed by atoms with Gasteiger partial charge in [0.2, 0.25) is 0 Å². The average Bonchev–Trinajstić information content (AvgIpc) is 3.02. The normalized spacial score (nSPS) is 13.2. The van der Waals surface area contributed by atoms with E-state index < -0.39 is 0 Å². The molecule has 5 aromatic rings. The first-order valence-corrected chi connectivity index (χ1v) is 8.72. The van der Waals surface area contributed by atoms with Crippen molar-refractivity contribution in [3.63, 3.8) is 0 Å². The number of hydrogen-bond acceptors (Lipinski definition) is 1. The second-order valence-electron chi connectivity index (χ2n) is 6.55. The molecule has 120 valence electrons. The van der Waals surface area contributed by atoms with E-state index >= 15 is 0 Å². The molecular weight excluding hydrogens is 304 g/mol. The highest BCUT2D eigenvalue weighted by atomic mass is 16.3. The van der Waals surface area contributed by atoms with E-state index in [0.29, 0.717) is 0 Å². The summed E-state index contributed by atoms with van der Waals surface area (Å²) in [6.45, 7) is 6.46. The third-order valence-electron chi connectivity index (χ3n) is 5.17. The van der Waals surface area contributed by atoms with Crippen LogP contribution in [0.25, 0.3) is 44.9 Å². The zero-order valence-corrected chi connectivity index (χ0v) is 14.2. The summed E-state index contributed by atoms with van der Waals surface area (Å²) in [5.41, 5.74) is 4.54. The van der Waals surface area contributed by atoms with Crippen LogP contribution in [-0.2, 0) is 0 Å². The maximum atomic E-state index is 6.09. The van der Waals surface area contributed by atoms with Crippen molar-refractivity contribution in [2.24, 2.45) is 0 Å². The van der Waals surface area contributed by atoms with Crippen molar-refractivity contribution in [1.82, 2.24) is 0 Å². The first kappa shape index (κ1) is 14.3. The second-order valence-corrected chi connectivity index (χ2v) is 6.55. The van der Waals surface area contributed by atoms with Crippen molar-refractivity contribution in [2.45, 2.75) is 13.3 Å². The third-order valence-corrected chi connectivity index (χ3v) is 5.17. The molecule has 1 heteroatoms. The Morgan fingerprint density at radius 1 is 0.880 bits per heavy atom. The standard InChI is InChI=1S/C24H18O/c1-3-17(18-10-5-4-8-15(18)2)20-14-16-9-6-12-21-23(16)24-19(20)11-7-13-22(24)25-21/h4-14H,2-3H2,1H3/b18-17+. The van der Waals surface area contributed by atoms with E-state index in [2.05, 4.69) is 74.2 Å². The van der Waals surface area contributed by atoms with Crippen molar-refractivity contribution in [1.29, 1.82) is 0 Å². The molecule has 25 heavy (non-hydrogen) atoms. The highest BCUT2D eigenvalue weighted by molar-refractivity contribution is 6.23. The minimum Gasteiger partial charge on any atom is -0.456 e. The summed E-state index contributed by atoms with van der Waals surface area (Å²) in [5.74, 6) is 0. The van der Waals surface area contributed by atoms with Crippen LogP contribution in [-0.4, -0.2) is 0 Å². The smallest absolute Gasteiger partial charge is 0.136 e. The lowest BCUT2D eigenvalue weighted by atomic mass is 9.91. The molecule has 0 aliphatic heterocycles. The molecule has 0 unspecified atom stereocenters. The summed E-state index contributed by atoms with van der Waals surface area (Å²) >= 11 is 0. The predicted molar refractivity (Wildman–Crippen MR) is 106 cm³/mol. The fourth-order valence-corrected chi connectivity index (χ4v) is 4.06. The minimum atomic E-state index is 0.956. The van der Waals surface area contributed by atoms with Gasteiger partial charge < -0.3 is 4.42 Å². The van der Waals surface area contributed by atoms with Crippen LogP contribution in [0.15, 0.2) is 71.1 Å². The Hall–Kier alpha value is -3.06. The van der Waals surface area contributed by atoms with Crippen LogP contribution in [0.5, 0.6) is 0 Å². The zero-order valence-electron chi connectivity index (χ0n) is 14.2. The Balaban J connectivity index is 2.05. The number of rotatable bonds is 2. The number of furan rings is 1. The number of hydrogen-bond donors (Lipinski definition) is 0. The third kappa shape index (κ3) is 1.96. The van der Waals surface area contributed by atoms with Crippen molar-refractivity contribution in [3.05, 3.63) is 82.7 Å². The molecule has 0 aliphatic rings. The van der Waals surface area contributed by atoms with Gasteiger partial charge in [0.15, 0.2) is 0 Å². The topological polar surface area (TPSA) is 13.1 Å². The SMILES string of the molecule is C=c1cccc/c1=C(/CC)c1cc2cccc3oc4cccc1c4c23. The maximum Gasteiger partial charge on any atom is 0.136 e. The van der Waals surface area contributed by atoms with E-state index in [0.717, 1.165) is 22.8 Å². The van der Waals surface area contributed by atoms with E-state index in [9.17, 15) is 0 Å². The van der Waals surface area contributed by atoms with Gasteiger partial charge >= 0.3 is 0 Å². The van der Waals surface area contributed by atoms with Crippen molar-refractivity contribution in [3.8, 4) is 0 Å². The van der Waals surface area contributed by atoms with Gasteiger partial charge in [0, 0.05) is 10.8 Å². The molecule has 4 aromatic carbocycles. The summed E-state index contributed by atoms with van der Waals surface area (Å²) in [6, 6.07) is 23.4. The molecule has 0 saturated heterocycles. The fraction of sp³-hybridized carbons (Fsp3) is 0.0833. The van der Waals surface area contributed by atoms with Crippen LogP contribution in [0.2, 0.25) is 0 Å². The van der Waals surface area contributed by atoms with Crippen LogP contribution in [0.3, 0.4) is 0 Å². The number of benzene rings is 4. The molecule has 1 aromatic heterocycles. The summed E-state index contributed by atoms with van der Waals surface area (Å²) in [6.07, 6.45) is 0.956. The van der Waals surface area contributed by atoms with Gasteiger partial charge in [-0.05, 0) is 57.0 Å². The molecule has 0 amide bonds. The van der Waals surface area contributed by atoms with Crippen LogP contribution in [0, 0.1) is 0 Å². The molecule has 1 heterocycles. The molecule has 0 spiro atoms. The Labute approximate surface area is 145 Å². The van der Waals surface area contributed by atoms with Gasteiger partial charge in [-0.25, -0.2) is 0 Å². The molecule has 0 bridgehead atoms. The Kier molecular flexibility index (Phi) is 2.98. The van der Waals surface area contributed by atoms with Crippen molar-refractivity contribution in [2.75, 3.05) is 0 Å². The monoisotopic (exact) mass is 322 g/mol. The molecule has 0 radical (unpaired) electrons. The van der Waals surface area contributed by atoms with E-state index in [1.165, 1.54) is 37.9 Å². The van der Waals surface area contributed by atoms with Gasteiger partial charge in [0.25, 0.3) is 0 Å². The van der Waals surface area contributed by atoms with Gasteiger partial charge in [0.05, 0.1) is 0 Å². The summed E-state index contributed by atoms with van der Waals surface area (Å²) < 4.78 is 6.09. The maximum absolute atomic E-state index is 6.09.